The van der Waals surface area contributed by atoms with E-state index in [-0.39, 0.29) is 36.2 Å². The van der Waals surface area contributed by atoms with Gasteiger partial charge in [0.1, 0.15) is 11.9 Å². The van der Waals surface area contributed by atoms with Crippen molar-refractivity contribution in [2.45, 2.75) is 24.8 Å². The summed E-state index contributed by atoms with van der Waals surface area (Å²) in [5.74, 6) is -0.202. The maximum absolute atomic E-state index is 14.8. The monoisotopic (exact) mass is 480 g/mol. The molecule has 2 aromatic rings. The predicted molar refractivity (Wildman–Crippen MR) is 118 cm³/mol. The third kappa shape index (κ3) is 5.10. The average Bonchev–Trinajstić information content (AvgIpc) is 3.33. The van der Waals surface area contributed by atoms with Crippen molar-refractivity contribution in [2.24, 2.45) is 5.73 Å². The first kappa shape index (κ1) is 22.3. The quantitative estimate of drug-likeness (QED) is 0.470. The number of aromatic nitrogens is 3. The summed E-state index contributed by atoms with van der Waals surface area (Å²) in [6, 6.07) is 4.44. The summed E-state index contributed by atoms with van der Waals surface area (Å²) in [6.45, 7) is 0.498. The van der Waals surface area contributed by atoms with Gasteiger partial charge in [-0.3, -0.25) is 10.3 Å². The molecule has 1 amide bonds. The maximum Gasteiger partial charge on any atom is 0.414 e. The fourth-order valence-electron chi connectivity index (χ4n) is 3.54. The molecule has 3 heterocycles. The minimum atomic E-state index is -3.10. The molecule has 1 saturated heterocycles. The Morgan fingerprint density at radius 1 is 1.41 bits per heavy atom. The minimum absolute atomic E-state index is 0.00239. The zero-order valence-corrected chi connectivity index (χ0v) is 18.5. The highest BCUT2D eigenvalue weighted by atomic mass is 32.2. The number of amides is 1. The highest BCUT2D eigenvalue weighted by molar-refractivity contribution is 8.13. The van der Waals surface area contributed by atoms with E-state index in [0.29, 0.717) is 28.3 Å². The summed E-state index contributed by atoms with van der Waals surface area (Å²) >= 11 is 1.13. The molecule has 0 bridgehead atoms. The van der Waals surface area contributed by atoms with Gasteiger partial charge in [-0.2, -0.15) is 0 Å². The molecule has 0 spiro atoms. The zero-order chi connectivity index (χ0) is 22.9. The highest BCUT2D eigenvalue weighted by Crippen LogP contribution is 2.30. The Morgan fingerprint density at radius 2 is 2.22 bits per heavy atom. The van der Waals surface area contributed by atoms with Crippen molar-refractivity contribution in [1.29, 1.82) is 5.41 Å². The third-order valence-corrected chi connectivity index (χ3v) is 7.35. The van der Waals surface area contributed by atoms with Gasteiger partial charge >= 0.3 is 6.09 Å². The molecule has 170 valence electrons. The molecule has 13 heteroatoms. The summed E-state index contributed by atoms with van der Waals surface area (Å²) in [5.41, 5.74) is 7.31. The lowest BCUT2D eigenvalue weighted by Crippen LogP contribution is -2.26. The van der Waals surface area contributed by atoms with Crippen LogP contribution in [0, 0.1) is 11.2 Å². The molecule has 32 heavy (non-hydrogen) atoms. The fourth-order valence-corrected chi connectivity index (χ4v) is 5.13. The number of ether oxygens (including phenoxy) is 1. The number of hydrogen-bond donors (Lipinski definition) is 2. The van der Waals surface area contributed by atoms with Crippen molar-refractivity contribution < 1.29 is 22.3 Å². The highest BCUT2D eigenvalue weighted by Gasteiger charge is 2.33. The van der Waals surface area contributed by atoms with Crippen molar-refractivity contribution in [1.82, 2.24) is 15.0 Å². The number of sulfone groups is 1. The van der Waals surface area contributed by atoms with Crippen molar-refractivity contribution in [2.75, 3.05) is 23.0 Å². The largest absolute Gasteiger partial charge is 0.442 e. The first-order valence-corrected chi connectivity index (χ1v) is 12.5. The molecular weight excluding hydrogens is 459 g/mol. The Hall–Kier alpha value is -2.93. The van der Waals surface area contributed by atoms with Crippen LogP contribution < -0.4 is 10.6 Å². The van der Waals surface area contributed by atoms with E-state index in [0.717, 1.165) is 11.8 Å². The number of allylic oxidation sites excluding steroid dienone is 1. The van der Waals surface area contributed by atoms with Crippen molar-refractivity contribution in [3.05, 3.63) is 47.5 Å². The van der Waals surface area contributed by atoms with Gasteiger partial charge < -0.3 is 10.5 Å². The van der Waals surface area contributed by atoms with E-state index in [2.05, 4.69) is 10.3 Å². The summed E-state index contributed by atoms with van der Waals surface area (Å²) < 4.78 is 44.9. The number of thioether (sulfide) groups is 1. The lowest BCUT2D eigenvalue weighted by Gasteiger charge is -2.17. The fraction of sp³-hybridized carbons (Fsp3) is 0.368. The summed E-state index contributed by atoms with van der Waals surface area (Å²) in [4.78, 5) is 13.7. The van der Waals surface area contributed by atoms with Crippen LogP contribution >= 0.6 is 11.8 Å². The maximum atomic E-state index is 14.8. The van der Waals surface area contributed by atoms with Crippen LogP contribution in [0.25, 0.3) is 5.57 Å². The number of anilines is 1. The van der Waals surface area contributed by atoms with Gasteiger partial charge in [0.25, 0.3) is 0 Å². The smallest absolute Gasteiger partial charge is 0.414 e. The van der Waals surface area contributed by atoms with Gasteiger partial charge in [0.15, 0.2) is 15.0 Å². The molecule has 1 aromatic heterocycles. The minimum Gasteiger partial charge on any atom is -0.442 e. The molecule has 1 aromatic carbocycles. The number of nitrogens with zero attached hydrogens (tertiary/aromatic N) is 4. The van der Waals surface area contributed by atoms with Gasteiger partial charge in [0.2, 0.25) is 0 Å². The Balaban J connectivity index is 1.41. The Labute approximate surface area is 188 Å². The van der Waals surface area contributed by atoms with E-state index in [4.69, 9.17) is 15.9 Å². The number of amidine groups is 1. The SMILES string of the molecule is N=C(N)SCc1cn(C[C@H]2CN(c3ccc(C4=CCS(=O)(=O)CC4)c(F)c3)C(=O)O2)nn1. The van der Waals surface area contributed by atoms with Crippen LogP contribution in [-0.2, 0) is 26.9 Å². The van der Waals surface area contributed by atoms with Gasteiger partial charge in [0, 0.05) is 17.5 Å². The molecule has 1 fully saturated rings. The van der Waals surface area contributed by atoms with Gasteiger partial charge in [0.05, 0.1) is 36.0 Å². The summed E-state index contributed by atoms with van der Waals surface area (Å²) in [5, 5.41) is 15.2. The number of carbonyl (C=O) groups excluding carboxylic acids is 1. The van der Waals surface area contributed by atoms with Crippen molar-refractivity contribution in [3.8, 4) is 0 Å². The second kappa shape index (κ2) is 8.90. The van der Waals surface area contributed by atoms with E-state index in [9.17, 15) is 17.6 Å². The predicted octanol–water partition coefficient (Wildman–Crippen LogP) is 1.77. The molecule has 0 unspecified atom stereocenters. The van der Waals surface area contributed by atoms with Crippen molar-refractivity contribution >= 4 is 44.1 Å². The lowest BCUT2D eigenvalue weighted by atomic mass is 10.0. The number of hydrogen-bond acceptors (Lipinski definition) is 8. The van der Waals surface area contributed by atoms with E-state index in [1.807, 2.05) is 0 Å². The Bertz CT molecular complexity index is 1200. The standard InChI is InChI=1S/C19H21FN6O4S2/c20-17-7-14(1-2-16(17)12-3-5-32(28,29)6-4-12)26-10-15(30-19(26)27)9-25-8-13(23-24-25)11-31-18(21)22/h1-3,7-8,15H,4-6,9-11H2,(H3,21,22)/t15-/m0/s1. The van der Waals surface area contributed by atoms with E-state index < -0.39 is 27.9 Å². The second-order valence-corrected chi connectivity index (χ2v) is 10.7. The molecule has 10 nitrogen and oxygen atoms in total. The van der Waals surface area contributed by atoms with Crippen LogP contribution in [0.5, 0.6) is 0 Å². The Kier molecular flexibility index (Phi) is 6.20. The molecule has 0 saturated carbocycles. The molecule has 4 rings (SSSR count). The van der Waals surface area contributed by atoms with Gasteiger partial charge in [-0.1, -0.05) is 23.1 Å². The molecule has 0 aliphatic carbocycles. The summed E-state index contributed by atoms with van der Waals surface area (Å²) in [6.07, 6.45) is 2.42. The van der Waals surface area contributed by atoms with Crippen LogP contribution in [0.1, 0.15) is 17.7 Å². The first-order chi connectivity index (χ1) is 15.2. The van der Waals surface area contributed by atoms with E-state index in [1.54, 1.807) is 29.1 Å². The summed E-state index contributed by atoms with van der Waals surface area (Å²) in [7, 11) is -3.10. The van der Waals surface area contributed by atoms with Crippen molar-refractivity contribution in [3.63, 3.8) is 0 Å². The Morgan fingerprint density at radius 3 is 2.91 bits per heavy atom. The zero-order valence-electron chi connectivity index (χ0n) is 16.9. The van der Waals surface area contributed by atoms with E-state index >= 15 is 0 Å². The average molecular weight is 481 g/mol. The van der Waals surface area contributed by atoms with Crippen LogP contribution in [0.2, 0.25) is 0 Å². The molecule has 0 radical (unpaired) electrons. The van der Waals surface area contributed by atoms with E-state index in [1.165, 1.54) is 11.0 Å². The number of benzene rings is 1. The normalized spacial score (nSPS) is 20.2. The molecule has 1 atom stereocenters. The van der Waals surface area contributed by atoms with Gasteiger partial charge in [-0.25, -0.2) is 22.3 Å². The van der Waals surface area contributed by atoms with Crippen LogP contribution in [0.15, 0.2) is 30.5 Å². The molecular formula is C19H21FN6O4S2. The van der Waals surface area contributed by atoms with Crippen LogP contribution in [0.4, 0.5) is 14.9 Å². The molecule has 3 N–H and O–H groups in total. The number of nitrogens with one attached hydrogen (secondary N) is 1. The number of nitrogens with two attached hydrogens (primary N) is 1. The third-order valence-electron chi connectivity index (χ3n) is 5.10. The lowest BCUT2D eigenvalue weighted by molar-refractivity contribution is 0.129. The molecule has 2 aliphatic heterocycles. The molecule has 2 aliphatic rings. The number of rotatable bonds is 6. The van der Waals surface area contributed by atoms with Gasteiger partial charge in [-0.15, -0.1) is 5.10 Å². The van der Waals surface area contributed by atoms with Crippen LogP contribution in [0.3, 0.4) is 0 Å². The first-order valence-electron chi connectivity index (χ1n) is 9.73. The number of carbonyl (C=O) groups is 1. The van der Waals surface area contributed by atoms with Gasteiger partial charge in [-0.05, 0) is 30.2 Å². The second-order valence-electron chi connectivity index (χ2n) is 7.46. The number of halogens is 1. The topological polar surface area (TPSA) is 144 Å². The number of cyclic esters (lactones) is 1. The van der Waals surface area contributed by atoms with Crippen LogP contribution in [-0.4, -0.2) is 58.8 Å².